The Morgan fingerprint density at radius 1 is 0.552 bits per heavy atom. The fourth-order valence-electron chi connectivity index (χ4n) is 18.9. The van der Waals surface area contributed by atoms with E-state index in [1.165, 1.54) is 12.5 Å². The molecule has 96 heavy (non-hydrogen) atoms. The molecule has 0 spiro atoms. The molecule has 548 valence electrons. The number of carboxylic acids is 1. The van der Waals surface area contributed by atoms with Crippen LogP contribution in [0.1, 0.15) is 106 Å². The van der Waals surface area contributed by atoms with Crippen LogP contribution in [0.2, 0.25) is 0 Å². The van der Waals surface area contributed by atoms with Gasteiger partial charge in [0.2, 0.25) is 6.29 Å². The van der Waals surface area contributed by atoms with Crippen LogP contribution in [0, 0.1) is 56.7 Å². The number of aliphatic hydroxyl groups excluding tert-OH is 16. The van der Waals surface area contributed by atoms with Gasteiger partial charge < -0.3 is 148 Å². The van der Waals surface area contributed by atoms with Crippen LogP contribution in [0.25, 0.3) is 0 Å². The van der Waals surface area contributed by atoms with Gasteiger partial charge in [-0.1, -0.05) is 53.2 Å². The molecule has 0 radical (unpaired) electrons. The van der Waals surface area contributed by atoms with Crippen molar-refractivity contribution in [1.29, 1.82) is 0 Å². The van der Waals surface area contributed by atoms with E-state index in [0.717, 1.165) is 6.29 Å². The zero-order valence-corrected chi connectivity index (χ0v) is 54.7. The molecule has 6 saturated heterocycles. The van der Waals surface area contributed by atoms with Crippen LogP contribution in [0.4, 0.5) is 0 Å². The maximum atomic E-state index is 15.3. The van der Waals surface area contributed by atoms with Crippen LogP contribution in [0.15, 0.2) is 11.6 Å². The highest BCUT2D eigenvalue weighted by Crippen LogP contribution is 2.75. The standard InChI is InChI=1S/C64H100O32/c1-23-35(69)48(92-55-45(79)40(74)37(71)29(18-65)88-55)47(81)57(87-23)94-50-39(73)31(90-54-44(78)36(70)28(68)20-85-54)21-86-58(50)96-53(84)26-17-60(2,3)16-25-24(26)10-14-63(6)27(25)8-9-33-61(4)13-12-34(62(5,22-67)32(61)11-15-64(33,63)7)91-59-51(43(77)42(76)49(93-59)52(82)83)95-56-46(80)41(75)38(72)30(19-66)89-56/h8,22-26,28-51,54-59,65-66,68-81H,9-21H2,1-7H3,(H,82,83). The number of rotatable bonds is 16. The fraction of sp³-hybridized carbons (Fsp3) is 0.922. The zero-order chi connectivity index (χ0) is 70.0. The Balaban J connectivity index is 0.824. The Labute approximate surface area is 553 Å². The molecule has 38 unspecified atom stereocenters. The van der Waals surface area contributed by atoms with Gasteiger partial charge >= 0.3 is 11.9 Å². The molecule has 11 rings (SSSR count). The lowest BCUT2D eigenvalue weighted by Gasteiger charge is -2.70. The Bertz CT molecular complexity index is 2760. The highest BCUT2D eigenvalue weighted by atomic mass is 16.8. The highest BCUT2D eigenvalue weighted by Gasteiger charge is 2.70. The maximum Gasteiger partial charge on any atom is 0.335 e. The highest BCUT2D eigenvalue weighted by molar-refractivity contribution is 5.74. The van der Waals surface area contributed by atoms with Crippen molar-refractivity contribution in [2.75, 3.05) is 26.4 Å². The minimum Gasteiger partial charge on any atom is -0.479 e. The first-order chi connectivity index (χ1) is 45.1. The van der Waals surface area contributed by atoms with Crippen molar-refractivity contribution in [1.82, 2.24) is 0 Å². The third kappa shape index (κ3) is 12.9. The van der Waals surface area contributed by atoms with Gasteiger partial charge in [0.25, 0.3) is 0 Å². The van der Waals surface area contributed by atoms with E-state index in [4.69, 9.17) is 56.8 Å². The summed E-state index contributed by atoms with van der Waals surface area (Å²) in [7, 11) is 0. The first kappa shape index (κ1) is 74.5. The first-order valence-electron chi connectivity index (χ1n) is 33.6. The summed E-state index contributed by atoms with van der Waals surface area (Å²) in [5, 5.41) is 183. The van der Waals surface area contributed by atoms with Crippen LogP contribution in [0.3, 0.4) is 0 Å². The molecule has 0 aromatic rings. The van der Waals surface area contributed by atoms with Crippen molar-refractivity contribution < 1.29 is 158 Å². The lowest BCUT2D eigenvalue weighted by molar-refractivity contribution is -0.381. The van der Waals surface area contributed by atoms with Crippen LogP contribution >= 0.6 is 0 Å². The molecule has 6 aliphatic heterocycles. The number of carbonyl (C=O) groups excluding carboxylic acids is 2. The van der Waals surface area contributed by atoms with Crippen molar-refractivity contribution in [2.45, 2.75) is 284 Å². The summed E-state index contributed by atoms with van der Waals surface area (Å²) in [6, 6.07) is 0. The Kier molecular flexibility index (Phi) is 21.8. The molecule has 11 aliphatic rings. The predicted molar refractivity (Wildman–Crippen MR) is 316 cm³/mol. The Morgan fingerprint density at radius 3 is 1.74 bits per heavy atom. The van der Waals surface area contributed by atoms with Crippen LogP contribution in [-0.4, -0.2) is 310 Å². The molecule has 6 heterocycles. The van der Waals surface area contributed by atoms with E-state index in [-0.39, 0.29) is 35.5 Å². The van der Waals surface area contributed by atoms with Gasteiger partial charge in [0, 0.05) is 0 Å². The summed E-state index contributed by atoms with van der Waals surface area (Å²) in [4.78, 5) is 41.6. The number of allylic oxidation sites excluding steroid dienone is 2. The molecule has 10 fully saturated rings. The van der Waals surface area contributed by atoms with Crippen molar-refractivity contribution in [3.05, 3.63) is 11.6 Å². The minimum absolute atomic E-state index is 0.00935. The average Bonchev–Trinajstić information content (AvgIpc) is 0.679. The van der Waals surface area contributed by atoms with E-state index in [9.17, 15) is 96.4 Å². The number of aldehydes is 1. The summed E-state index contributed by atoms with van der Waals surface area (Å²) in [6.45, 7) is 11.5. The van der Waals surface area contributed by atoms with Gasteiger partial charge in [-0.25, -0.2) is 4.79 Å². The van der Waals surface area contributed by atoms with Gasteiger partial charge in [0.15, 0.2) is 43.7 Å². The summed E-state index contributed by atoms with van der Waals surface area (Å²) in [6.07, 6.45) is -42.5. The van der Waals surface area contributed by atoms with Gasteiger partial charge in [-0.05, 0) is 110 Å². The van der Waals surface area contributed by atoms with Gasteiger partial charge in [-0.2, -0.15) is 0 Å². The predicted octanol–water partition coefficient (Wildman–Crippen LogP) is -4.95. The molecule has 5 aliphatic carbocycles. The summed E-state index contributed by atoms with van der Waals surface area (Å²) in [5.41, 5.74) is -1.85. The van der Waals surface area contributed by atoms with E-state index in [1.54, 1.807) is 6.92 Å². The first-order valence-corrected chi connectivity index (χ1v) is 33.6. The van der Waals surface area contributed by atoms with Crippen molar-refractivity contribution in [3.63, 3.8) is 0 Å². The number of carbonyl (C=O) groups is 3. The van der Waals surface area contributed by atoms with Gasteiger partial charge in [-0.3, -0.25) is 4.79 Å². The summed E-state index contributed by atoms with van der Waals surface area (Å²) in [5.74, 6) is -3.83. The van der Waals surface area contributed by atoms with Crippen molar-refractivity contribution in [3.8, 4) is 0 Å². The van der Waals surface area contributed by atoms with Gasteiger partial charge in [0.1, 0.15) is 122 Å². The molecular weight excluding hydrogens is 1280 g/mol. The molecule has 0 amide bonds. The molecule has 4 saturated carbocycles. The monoisotopic (exact) mass is 1380 g/mol. The number of esters is 1. The van der Waals surface area contributed by atoms with E-state index in [1.807, 2.05) is 0 Å². The number of ether oxygens (including phenoxy) is 12. The smallest absolute Gasteiger partial charge is 0.335 e. The molecule has 0 aromatic carbocycles. The Hall–Kier alpha value is -2.73. The van der Waals surface area contributed by atoms with Crippen molar-refractivity contribution >= 4 is 18.2 Å². The summed E-state index contributed by atoms with van der Waals surface area (Å²) < 4.78 is 71.4. The number of fused-ring (bicyclic) bond motifs is 7. The van der Waals surface area contributed by atoms with E-state index in [0.29, 0.717) is 51.4 Å². The largest absolute Gasteiger partial charge is 0.479 e. The average molecular weight is 1380 g/mol. The van der Waals surface area contributed by atoms with Gasteiger partial charge in [-0.15, -0.1) is 0 Å². The second-order valence-electron chi connectivity index (χ2n) is 30.6. The zero-order valence-electron chi connectivity index (χ0n) is 54.7. The van der Waals surface area contributed by atoms with Crippen LogP contribution in [-0.2, 0) is 71.2 Å². The number of hydrogen-bond donors (Lipinski definition) is 17. The molecule has 32 nitrogen and oxygen atoms in total. The lowest BCUT2D eigenvalue weighted by atomic mass is 9.34. The third-order valence-electron chi connectivity index (χ3n) is 24.5. The SMILES string of the molecule is CC1OC(OC2C(OC(=O)C3CC(C)(C)CC4C5=CCC6C7(C)CCC(OC8OC(C(=O)O)C(O)C(O)C8OC8OC(CO)C(O)C(O)C8O)C(C)(C=O)C7CCC6(C)C5(C)CCC34)OCC(OC3OCC(O)C(O)C3O)C2O)C(O)C(OC2OC(CO)C(O)C(O)C2O)C1O. The van der Waals surface area contributed by atoms with E-state index >= 15 is 4.79 Å². The van der Waals surface area contributed by atoms with Crippen molar-refractivity contribution in [2.24, 2.45) is 56.7 Å². The third-order valence-corrected chi connectivity index (χ3v) is 24.5. The molecule has 0 aromatic heterocycles. The molecule has 0 bridgehead atoms. The topological polar surface area (TPSA) is 506 Å². The second kappa shape index (κ2) is 28.1. The quantitative estimate of drug-likeness (QED) is 0.0298. The lowest BCUT2D eigenvalue weighted by Crippen LogP contribution is -2.67. The molecule has 32 heteroatoms. The second-order valence-corrected chi connectivity index (χ2v) is 30.6. The minimum atomic E-state index is -2.09. The summed E-state index contributed by atoms with van der Waals surface area (Å²) >= 11 is 0. The number of hydrogen-bond acceptors (Lipinski definition) is 31. The van der Waals surface area contributed by atoms with E-state index in [2.05, 4.69) is 40.7 Å². The number of aliphatic hydroxyl groups is 16. The van der Waals surface area contributed by atoms with E-state index < -0.39 is 244 Å². The number of aliphatic carboxylic acids is 1. The molecule has 17 N–H and O–H groups in total. The maximum absolute atomic E-state index is 15.3. The normalized spacial score (nSPS) is 54.3. The molecule has 38 atom stereocenters. The molecular formula is C64H100O32. The van der Waals surface area contributed by atoms with Gasteiger partial charge in [0.05, 0.1) is 50.0 Å². The fourth-order valence-corrected chi connectivity index (χ4v) is 18.9. The Morgan fingerprint density at radius 2 is 1.14 bits per heavy atom. The number of carboxylic acid groups (broad SMARTS) is 1. The van der Waals surface area contributed by atoms with Crippen LogP contribution in [0.5, 0.6) is 0 Å². The van der Waals surface area contributed by atoms with Crippen LogP contribution < -0.4 is 0 Å².